The minimum Gasteiger partial charge on any atom is -0.352 e. The Labute approximate surface area is 144 Å². The molecule has 2 amide bonds. The van der Waals surface area contributed by atoms with Crippen molar-refractivity contribution in [3.8, 4) is 0 Å². The summed E-state index contributed by atoms with van der Waals surface area (Å²) >= 11 is 0. The smallest absolute Gasteiger partial charge is 0.352 e. The summed E-state index contributed by atoms with van der Waals surface area (Å²) in [5, 5.41) is 2.75. The standard InChI is InChI=1S/C18H21F3N2O2/c1-12(2)9-22-17(25)14-6-7-16(24)23(11-14)10-13-4-3-5-15(8-13)18(19,20)21/h3-5,8,14H,1,6-7,9-11H2,2H3,(H,22,25)/t14-/m0/s1. The lowest BCUT2D eigenvalue weighted by Crippen LogP contribution is -2.45. The van der Waals surface area contributed by atoms with Gasteiger partial charge in [-0.25, -0.2) is 0 Å². The molecule has 4 nitrogen and oxygen atoms in total. The Hall–Kier alpha value is -2.31. The van der Waals surface area contributed by atoms with E-state index >= 15 is 0 Å². The number of likely N-dealkylation sites (tertiary alicyclic amines) is 1. The highest BCUT2D eigenvalue weighted by Gasteiger charge is 2.32. The van der Waals surface area contributed by atoms with Gasteiger partial charge in [0, 0.05) is 26.1 Å². The first-order valence-electron chi connectivity index (χ1n) is 8.03. The molecule has 1 aliphatic rings. The fourth-order valence-corrected chi connectivity index (χ4v) is 2.73. The Bertz CT molecular complexity index is 671. The van der Waals surface area contributed by atoms with Gasteiger partial charge in [0.2, 0.25) is 11.8 Å². The van der Waals surface area contributed by atoms with Gasteiger partial charge in [-0.3, -0.25) is 9.59 Å². The van der Waals surface area contributed by atoms with Crippen LogP contribution in [0.25, 0.3) is 0 Å². The maximum Gasteiger partial charge on any atom is 0.416 e. The van der Waals surface area contributed by atoms with E-state index in [2.05, 4.69) is 11.9 Å². The first-order valence-corrected chi connectivity index (χ1v) is 8.03. The molecular formula is C18H21F3N2O2. The maximum atomic E-state index is 12.8. The van der Waals surface area contributed by atoms with Crippen LogP contribution in [0.15, 0.2) is 36.4 Å². The molecular weight excluding hydrogens is 333 g/mol. The summed E-state index contributed by atoms with van der Waals surface area (Å²) in [4.78, 5) is 25.7. The molecule has 1 aromatic carbocycles. The van der Waals surface area contributed by atoms with Gasteiger partial charge in [-0.2, -0.15) is 13.2 Å². The van der Waals surface area contributed by atoms with Crippen molar-refractivity contribution in [3.63, 3.8) is 0 Å². The number of hydrogen-bond donors (Lipinski definition) is 1. The maximum absolute atomic E-state index is 12.8. The first kappa shape index (κ1) is 19.0. The molecule has 25 heavy (non-hydrogen) atoms. The minimum absolute atomic E-state index is 0.0625. The van der Waals surface area contributed by atoms with Crippen molar-refractivity contribution in [3.05, 3.63) is 47.5 Å². The highest BCUT2D eigenvalue weighted by molar-refractivity contribution is 5.83. The molecule has 0 spiro atoms. The van der Waals surface area contributed by atoms with E-state index in [1.54, 1.807) is 13.0 Å². The zero-order valence-corrected chi connectivity index (χ0v) is 14.0. The van der Waals surface area contributed by atoms with E-state index in [1.807, 2.05) is 0 Å². The van der Waals surface area contributed by atoms with Crippen LogP contribution < -0.4 is 5.32 Å². The molecule has 0 radical (unpaired) electrons. The molecule has 0 bridgehead atoms. The van der Waals surface area contributed by atoms with E-state index in [-0.39, 0.29) is 37.2 Å². The number of rotatable bonds is 5. The Morgan fingerprint density at radius 3 is 2.76 bits per heavy atom. The Morgan fingerprint density at radius 2 is 2.12 bits per heavy atom. The number of benzene rings is 1. The van der Waals surface area contributed by atoms with Crippen molar-refractivity contribution in [1.82, 2.24) is 10.2 Å². The Balaban J connectivity index is 2.04. The van der Waals surface area contributed by atoms with Crippen LogP contribution >= 0.6 is 0 Å². The number of piperidine rings is 1. The fraction of sp³-hybridized carbons (Fsp3) is 0.444. The van der Waals surface area contributed by atoms with Crippen LogP contribution in [-0.2, 0) is 22.3 Å². The number of nitrogens with zero attached hydrogens (tertiary/aromatic N) is 1. The van der Waals surface area contributed by atoms with Gasteiger partial charge in [0.25, 0.3) is 0 Å². The third-order valence-electron chi connectivity index (χ3n) is 4.06. The Kier molecular flexibility index (Phi) is 5.87. The van der Waals surface area contributed by atoms with Gasteiger partial charge in [0.1, 0.15) is 0 Å². The van der Waals surface area contributed by atoms with Gasteiger partial charge in [0.15, 0.2) is 0 Å². The third-order valence-corrected chi connectivity index (χ3v) is 4.06. The molecule has 1 aromatic rings. The van der Waals surface area contributed by atoms with Gasteiger partial charge in [-0.05, 0) is 31.0 Å². The molecule has 2 rings (SSSR count). The summed E-state index contributed by atoms with van der Waals surface area (Å²) in [5.74, 6) is -0.672. The molecule has 1 aliphatic heterocycles. The lowest BCUT2D eigenvalue weighted by Gasteiger charge is -2.32. The van der Waals surface area contributed by atoms with E-state index in [1.165, 1.54) is 11.0 Å². The minimum atomic E-state index is -4.42. The normalized spacial score (nSPS) is 18.2. The first-order chi connectivity index (χ1) is 11.7. The van der Waals surface area contributed by atoms with Gasteiger partial charge >= 0.3 is 6.18 Å². The molecule has 0 aromatic heterocycles. The third kappa shape index (κ3) is 5.34. The zero-order valence-electron chi connectivity index (χ0n) is 14.0. The van der Waals surface area contributed by atoms with E-state index in [9.17, 15) is 22.8 Å². The van der Waals surface area contributed by atoms with E-state index in [4.69, 9.17) is 0 Å². The van der Waals surface area contributed by atoms with Crippen molar-refractivity contribution in [2.75, 3.05) is 13.1 Å². The second-order valence-corrected chi connectivity index (χ2v) is 6.38. The number of alkyl halides is 3. The highest BCUT2D eigenvalue weighted by Crippen LogP contribution is 2.30. The Morgan fingerprint density at radius 1 is 1.40 bits per heavy atom. The fourth-order valence-electron chi connectivity index (χ4n) is 2.73. The predicted octanol–water partition coefficient (Wildman–Crippen LogP) is 3.14. The van der Waals surface area contributed by atoms with Gasteiger partial charge < -0.3 is 10.2 Å². The van der Waals surface area contributed by atoms with E-state index < -0.39 is 11.7 Å². The topological polar surface area (TPSA) is 49.4 Å². The lowest BCUT2D eigenvalue weighted by molar-refractivity contribution is -0.138. The van der Waals surface area contributed by atoms with Crippen LogP contribution in [-0.4, -0.2) is 29.8 Å². The molecule has 1 atom stereocenters. The number of carbonyl (C=O) groups is 2. The second-order valence-electron chi connectivity index (χ2n) is 6.38. The van der Waals surface area contributed by atoms with E-state index in [0.29, 0.717) is 18.5 Å². The summed E-state index contributed by atoms with van der Waals surface area (Å²) in [7, 11) is 0. The summed E-state index contributed by atoms with van der Waals surface area (Å²) in [5.41, 5.74) is 0.470. The predicted molar refractivity (Wildman–Crippen MR) is 87.4 cm³/mol. The molecule has 136 valence electrons. The largest absolute Gasteiger partial charge is 0.416 e. The summed E-state index contributed by atoms with van der Waals surface area (Å²) in [6, 6.07) is 4.91. The molecule has 1 fully saturated rings. The monoisotopic (exact) mass is 354 g/mol. The average molecular weight is 354 g/mol. The molecule has 7 heteroatoms. The summed E-state index contributed by atoms with van der Waals surface area (Å²) < 4.78 is 38.4. The van der Waals surface area contributed by atoms with Crippen molar-refractivity contribution in [2.45, 2.75) is 32.5 Å². The van der Waals surface area contributed by atoms with Crippen LogP contribution in [0.1, 0.15) is 30.9 Å². The molecule has 0 unspecified atom stereocenters. The quantitative estimate of drug-likeness (QED) is 0.826. The van der Waals surface area contributed by atoms with Crippen LogP contribution in [0.2, 0.25) is 0 Å². The van der Waals surface area contributed by atoms with Crippen LogP contribution in [0.3, 0.4) is 0 Å². The number of hydrogen-bond acceptors (Lipinski definition) is 2. The van der Waals surface area contributed by atoms with Crippen molar-refractivity contribution in [1.29, 1.82) is 0 Å². The number of halogens is 3. The number of carbonyl (C=O) groups excluding carboxylic acids is 2. The van der Waals surface area contributed by atoms with Gasteiger partial charge in [-0.1, -0.05) is 24.3 Å². The van der Waals surface area contributed by atoms with Crippen molar-refractivity contribution >= 4 is 11.8 Å². The zero-order chi connectivity index (χ0) is 18.6. The van der Waals surface area contributed by atoms with Gasteiger partial charge in [0.05, 0.1) is 11.5 Å². The van der Waals surface area contributed by atoms with Crippen molar-refractivity contribution < 1.29 is 22.8 Å². The SMILES string of the molecule is C=C(C)CNC(=O)[C@H]1CCC(=O)N(Cc2cccc(C(F)(F)F)c2)C1. The van der Waals surface area contributed by atoms with Crippen LogP contribution in [0, 0.1) is 5.92 Å². The summed E-state index contributed by atoms with van der Waals surface area (Å²) in [6.45, 7) is 6.15. The lowest BCUT2D eigenvalue weighted by atomic mass is 9.96. The summed E-state index contributed by atoms with van der Waals surface area (Å²) in [6.07, 6.45) is -3.77. The van der Waals surface area contributed by atoms with Crippen LogP contribution in [0.4, 0.5) is 13.2 Å². The average Bonchev–Trinajstić information content (AvgIpc) is 2.54. The molecule has 1 saturated heterocycles. The molecule has 1 N–H and O–H groups in total. The van der Waals surface area contributed by atoms with E-state index in [0.717, 1.165) is 17.7 Å². The van der Waals surface area contributed by atoms with Gasteiger partial charge in [-0.15, -0.1) is 0 Å². The molecule has 0 saturated carbocycles. The highest BCUT2D eigenvalue weighted by atomic mass is 19.4. The second kappa shape index (κ2) is 7.72. The van der Waals surface area contributed by atoms with Crippen molar-refractivity contribution in [2.24, 2.45) is 5.92 Å². The number of amides is 2. The molecule has 0 aliphatic carbocycles. The van der Waals surface area contributed by atoms with Crippen LogP contribution in [0.5, 0.6) is 0 Å². The number of nitrogens with one attached hydrogen (secondary N) is 1. The molecule has 1 heterocycles.